The van der Waals surface area contributed by atoms with E-state index < -0.39 is 0 Å². The van der Waals surface area contributed by atoms with Crippen LogP contribution in [0.15, 0.2) is 103 Å². The molecule has 0 atom stereocenters. The summed E-state index contributed by atoms with van der Waals surface area (Å²) >= 11 is 12.0. The summed E-state index contributed by atoms with van der Waals surface area (Å²) in [6.07, 6.45) is 3.66. The van der Waals surface area contributed by atoms with Crippen molar-refractivity contribution in [2.45, 2.75) is 0 Å². The Morgan fingerprint density at radius 1 is 0.857 bits per heavy atom. The van der Waals surface area contributed by atoms with Crippen LogP contribution in [0.3, 0.4) is 0 Å². The molecule has 206 valence electrons. The van der Waals surface area contributed by atoms with E-state index in [1.165, 1.54) is 0 Å². The monoisotopic (exact) mass is 590 g/mol. The van der Waals surface area contributed by atoms with Crippen molar-refractivity contribution in [1.29, 1.82) is 0 Å². The number of halogens is 1. The summed E-state index contributed by atoms with van der Waals surface area (Å²) in [5, 5.41) is 12.1. The van der Waals surface area contributed by atoms with Crippen LogP contribution in [0.4, 0.5) is 17.3 Å². The highest BCUT2D eigenvalue weighted by molar-refractivity contribution is 7.81. The van der Waals surface area contributed by atoms with E-state index in [0.717, 1.165) is 50.7 Å². The SMILES string of the molecule is S=C(Nc1cccc(-c2nn3ccccc3c2-c2ccnc(Nc3ccc4c(c3)OCCO4)n2)c1)c1ccccc1Cl. The van der Waals surface area contributed by atoms with E-state index in [0.29, 0.717) is 34.9 Å². The number of nitrogens with zero attached hydrogens (tertiary/aromatic N) is 4. The Bertz CT molecular complexity index is 1960. The molecular formula is C32H23ClN6O2S. The van der Waals surface area contributed by atoms with Gasteiger partial charge in [0.15, 0.2) is 11.5 Å². The third-order valence-corrected chi connectivity index (χ3v) is 7.41. The zero-order valence-corrected chi connectivity index (χ0v) is 23.7. The van der Waals surface area contributed by atoms with Crippen LogP contribution >= 0.6 is 23.8 Å². The molecule has 3 aromatic heterocycles. The number of ether oxygens (including phenoxy) is 2. The molecule has 1 aliphatic rings. The first kappa shape index (κ1) is 25.9. The molecule has 6 aromatic rings. The Balaban J connectivity index is 1.24. The second-order valence-corrected chi connectivity index (χ2v) is 10.3. The first-order valence-corrected chi connectivity index (χ1v) is 14.0. The van der Waals surface area contributed by atoms with Crippen molar-refractivity contribution in [3.05, 3.63) is 114 Å². The lowest BCUT2D eigenvalue weighted by atomic mass is 10.0. The molecule has 10 heteroatoms. The van der Waals surface area contributed by atoms with E-state index in [9.17, 15) is 0 Å². The number of aromatic nitrogens is 4. The Labute approximate surface area is 251 Å². The maximum Gasteiger partial charge on any atom is 0.227 e. The van der Waals surface area contributed by atoms with Crippen LogP contribution in [-0.4, -0.2) is 37.8 Å². The number of hydrogen-bond acceptors (Lipinski definition) is 7. The summed E-state index contributed by atoms with van der Waals surface area (Å²) in [6.45, 7) is 1.06. The van der Waals surface area contributed by atoms with Crippen LogP contribution in [-0.2, 0) is 0 Å². The fraction of sp³-hybridized carbons (Fsp3) is 0.0625. The zero-order valence-electron chi connectivity index (χ0n) is 22.1. The lowest BCUT2D eigenvalue weighted by Crippen LogP contribution is -2.15. The van der Waals surface area contributed by atoms with E-state index in [1.807, 2.05) is 102 Å². The van der Waals surface area contributed by atoms with Crippen molar-refractivity contribution in [2.24, 2.45) is 0 Å². The van der Waals surface area contributed by atoms with Gasteiger partial charge in [0.2, 0.25) is 5.95 Å². The smallest absolute Gasteiger partial charge is 0.227 e. The van der Waals surface area contributed by atoms with Crippen LogP contribution in [0.1, 0.15) is 5.56 Å². The molecular weight excluding hydrogens is 568 g/mol. The van der Waals surface area contributed by atoms with Crippen LogP contribution in [0, 0.1) is 0 Å². The molecule has 8 nitrogen and oxygen atoms in total. The molecule has 42 heavy (non-hydrogen) atoms. The second-order valence-electron chi connectivity index (χ2n) is 9.52. The molecule has 3 aromatic carbocycles. The molecule has 0 radical (unpaired) electrons. The Morgan fingerprint density at radius 2 is 1.71 bits per heavy atom. The standard InChI is InChI=1S/C32H23ClN6O2S/c33-24-9-2-1-8-23(24)31(42)35-21-7-5-6-20(18-21)30-29(26-10-3-4-15-39(26)38-30)25-13-14-34-32(37-25)36-22-11-12-27-28(19-22)41-17-16-40-27/h1-15,18-19H,16-17H2,(H,35,42)(H,34,36,37). The van der Waals surface area contributed by atoms with E-state index in [2.05, 4.69) is 15.6 Å². The van der Waals surface area contributed by atoms with Crippen molar-refractivity contribution in [3.63, 3.8) is 0 Å². The third kappa shape index (κ3) is 5.11. The number of anilines is 3. The Morgan fingerprint density at radius 3 is 2.62 bits per heavy atom. The number of benzene rings is 3. The van der Waals surface area contributed by atoms with Gasteiger partial charge in [-0.2, -0.15) is 5.10 Å². The molecule has 7 rings (SSSR count). The third-order valence-electron chi connectivity index (χ3n) is 6.76. The van der Waals surface area contributed by atoms with Crippen molar-refractivity contribution in [1.82, 2.24) is 19.6 Å². The summed E-state index contributed by atoms with van der Waals surface area (Å²) in [7, 11) is 0. The molecule has 0 bridgehead atoms. The van der Waals surface area contributed by atoms with Gasteiger partial charge in [0.05, 0.1) is 21.8 Å². The minimum Gasteiger partial charge on any atom is -0.486 e. The molecule has 0 saturated carbocycles. The van der Waals surface area contributed by atoms with Crippen molar-refractivity contribution in [2.75, 3.05) is 23.8 Å². The first-order chi connectivity index (χ1) is 20.6. The average Bonchev–Trinajstić information content (AvgIpc) is 3.41. The zero-order chi connectivity index (χ0) is 28.5. The molecule has 0 unspecified atom stereocenters. The fourth-order valence-corrected chi connectivity index (χ4v) is 5.43. The highest BCUT2D eigenvalue weighted by Crippen LogP contribution is 2.36. The number of fused-ring (bicyclic) bond motifs is 2. The summed E-state index contributed by atoms with van der Waals surface area (Å²) in [4.78, 5) is 9.89. The lowest BCUT2D eigenvalue weighted by molar-refractivity contribution is 0.171. The number of pyridine rings is 1. The van der Waals surface area contributed by atoms with E-state index in [-0.39, 0.29) is 0 Å². The summed E-state index contributed by atoms with van der Waals surface area (Å²) < 4.78 is 13.2. The molecule has 4 heterocycles. The number of hydrogen-bond donors (Lipinski definition) is 2. The van der Waals surface area contributed by atoms with Gasteiger partial charge in [0, 0.05) is 41.0 Å². The first-order valence-electron chi connectivity index (χ1n) is 13.3. The van der Waals surface area contributed by atoms with Crippen molar-refractivity contribution >= 4 is 51.6 Å². The van der Waals surface area contributed by atoms with Crippen LogP contribution in [0.2, 0.25) is 5.02 Å². The van der Waals surface area contributed by atoms with Crippen LogP contribution in [0.5, 0.6) is 11.5 Å². The van der Waals surface area contributed by atoms with Gasteiger partial charge in [-0.05, 0) is 48.5 Å². The number of thiocarbonyl (C=S) groups is 1. The predicted molar refractivity (Wildman–Crippen MR) is 169 cm³/mol. The number of nitrogens with one attached hydrogen (secondary N) is 2. The summed E-state index contributed by atoms with van der Waals surface area (Å²) in [5.74, 6) is 1.86. The van der Waals surface area contributed by atoms with Gasteiger partial charge in [-0.1, -0.05) is 60.2 Å². The maximum atomic E-state index is 6.37. The summed E-state index contributed by atoms with van der Waals surface area (Å²) in [6, 6.07) is 29.0. The Kier molecular flexibility index (Phi) is 6.87. The van der Waals surface area contributed by atoms with Gasteiger partial charge in [-0.3, -0.25) is 0 Å². The van der Waals surface area contributed by atoms with Gasteiger partial charge >= 0.3 is 0 Å². The van der Waals surface area contributed by atoms with Gasteiger partial charge in [-0.25, -0.2) is 14.5 Å². The molecule has 0 saturated heterocycles. The molecule has 0 spiro atoms. The maximum absolute atomic E-state index is 6.37. The predicted octanol–water partition coefficient (Wildman–Crippen LogP) is 7.41. The minimum atomic E-state index is 0.450. The number of rotatable bonds is 6. The van der Waals surface area contributed by atoms with Crippen molar-refractivity contribution in [3.8, 4) is 34.0 Å². The molecule has 0 aliphatic carbocycles. The molecule has 0 amide bonds. The van der Waals surface area contributed by atoms with Gasteiger partial charge in [0.1, 0.15) is 23.9 Å². The van der Waals surface area contributed by atoms with Crippen LogP contribution < -0.4 is 20.1 Å². The normalized spacial score (nSPS) is 12.2. The fourth-order valence-electron chi connectivity index (χ4n) is 4.85. The molecule has 2 N–H and O–H groups in total. The van der Waals surface area contributed by atoms with Gasteiger partial charge in [-0.15, -0.1) is 0 Å². The van der Waals surface area contributed by atoms with Gasteiger partial charge in [0.25, 0.3) is 0 Å². The lowest BCUT2D eigenvalue weighted by Gasteiger charge is -2.19. The minimum absolute atomic E-state index is 0.450. The van der Waals surface area contributed by atoms with E-state index in [1.54, 1.807) is 6.20 Å². The van der Waals surface area contributed by atoms with Gasteiger partial charge < -0.3 is 20.1 Å². The topological polar surface area (TPSA) is 85.6 Å². The van der Waals surface area contributed by atoms with E-state index in [4.69, 9.17) is 43.4 Å². The molecule has 0 fully saturated rings. The highest BCUT2D eigenvalue weighted by atomic mass is 35.5. The summed E-state index contributed by atoms with van der Waals surface area (Å²) in [5.41, 5.74) is 6.60. The highest BCUT2D eigenvalue weighted by Gasteiger charge is 2.19. The van der Waals surface area contributed by atoms with Crippen LogP contribution in [0.25, 0.3) is 28.0 Å². The van der Waals surface area contributed by atoms with Crippen molar-refractivity contribution < 1.29 is 9.47 Å². The molecule has 1 aliphatic heterocycles. The van der Waals surface area contributed by atoms with E-state index >= 15 is 0 Å². The average molecular weight is 591 g/mol. The quantitative estimate of drug-likeness (QED) is 0.194. The largest absolute Gasteiger partial charge is 0.486 e. The Hall–Kier alpha value is -4.99. The second kappa shape index (κ2) is 11.1.